The number of halogens is 2. The first-order valence-corrected chi connectivity index (χ1v) is 8.30. The van der Waals surface area contributed by atoms with Crippen LogP contribution in [0.4, 0.5) is 0 Å². The number of hydrogen-bond acceptors (Lipinski definition) is 3. The van der Waals surface area contributed by atoms with Crippen LogP contribution in [-0.4, -0.2) is 37.7 Å². The summed E-state index contributed by atoms with van der Waals surface area (Å²) in [6, 6.07) is 3.99. The number of nitrogens with one attached hydrogen (secondary N) is 1. The van der Waals surface area contributed by atoms with E-state index in [1.54, 1.807) is 6.07 Å². The van der Waals surface area contributed by atoms with Gasteiger partial charge < -0.3 is 15.0 Å². The van der Waals surface area contributed by atoms with Crippen molar-refractivity contribution in [2.45, 2.75) is 37.3 Å². The Morgan fingerprint density at radius 2 is 2.10 bits per heavy atom. The Morgan fingerprint density at radius 3 is 2.71 bits per heavy atom. The molecule has 0 spiro atoms. The topological polar surface area (TPSA) is 24.5 Å². The molecule has 0 amide bonds. The molecule has 21 heavy (non-hydrogen) atoms. The summed E-state index contributed by atoms with van der Waals surface area (Å²) in [4.78, 5) is 2.36. The van der Waals surface area contributed by atoms with Crippen molar-refractivity contribution in [1.82, 2.24) is 10.2 Å². The van der Waals surface area contributed by atoms with Gasteiger partial charge in [0.25, 0.3) is 0 Å². The third-order valence-corrected chi connectivity index (χ3v) is 5.47. The lowest BCUT2D eigenvalue weighted by atomic mass is 9.75. The van der Waals surface area contributed by atoms with Crippen LogP contribution < -0.4 is 10.1 Å². The first kappa shape index (κ1) is 15.4. The molecule has 1 atom stereocenters. The number of hydrogen-bond donors (Lipinski definition) is 1. The zero-order valence-corrected chi connectivity index (χ0v) is 14.1. The molecule has 1 N–H and O–H groups in total. The molecule has 3 rings (SSSR count). The van der Waals surface area contributed by atoms with Crippen LogP contribution >= 0.6 is 23.2 Å². The van der Waals surface area contributed by atoms with Gasteiger partial charge in [0.15, 0.2) is 0 Å². The highest BCUT2D eigenvalue weighted by molar-refractivity contribution is 6.35. The van der Waals surface area contributed by atoms with Crippen LogP contribution in [0.1, 0.15) is 37.3 Å². The molecule has 1 unspecified atom stereocenters. The van der Waals surface area contributed by atoms with Gasteiger partial charge >= 0.3 is 0 Å². The van der Waals surface area contributed by atoms with Crippen LogP contribution in [-0.2, 0) is 0 Å². The van der Waals surface area contributed by atoms with Gasteiger partial charge in [0, 0.05) is 35.1 Å². The lowest BCUT2D eigenvalue weighted by molar-refractivity contribution is 0.0552. The average molecular weight is 329 g/mol. The molecule has 1 aliphatic carbocycles. The summed E-state index contributed by atoms with van der Waals surface area (Å²) in [5, 5.41) is 4.99. The second kappa shape index (κ2) is 5.96. The molecule has 1 fully saturated rings. The predicted molar refractivity (Wildman–Crippen MR) is 87.6 cm³/mol. The highest BCUT2D eigenvalue weighted by atomic mass is 35.5. The summed E-state index contributed by atoms with van der Waals surface area (Å²) in [5.41, 5.74) is 1.40. The van der Waals surface area contributed by atoms with Crippen LogP contribution in [0.5, 0.6) is 5.75 Å². The zero-order valence-electron chi connectivity index (χ0n) is 12.6. The van der Waals surface area contributed by atoms with Crippen molar-refractivity contribution >= 4 is 23.2 Å². The van der Waals surface area contributed by atoms with E-state index in [0.29, 0.717) is 22.2 Å². The van der Waals surface area contributed by atoms with E-state index in [9.17, 15) is 0 Å². The zero-order chi connectivity index (χ0) is 15.0. The van der Waals surface area contributed by atoms with E-state index in [2.05, 4.69) is 24.3 Å². The summed E-state index contributed by atoms with van der Waals surface area (Å²) in [6.07, 6.45) is 4.80. The fourth-order valence-electron chi connectivity index (χ4n) is 3.32. The van der Waals surface area contributed by atoms with E-state index in [-0.39, 0.29) is 6.04 Å². The van der Waals surface area contributed by atoms with E-state index < -0.39 is 0 Å². The number of nitrogens with zero attached hydrogens (tertiary/aromatic N) is 1. The molecule has 1 heterocycles. The van der Waals surface area contributed by atoms with Gasteiger partial charge in [-0.3, -0.25) is 0 Å². The third-order valence-electron chi connectivity index (χ3n) is 4.98. The van der Waals surface area contributed by atoms with Gasteiger partial charge in [-0.15, -0.1) is 0 Å². The van der Waals surface area contributed by atoms with Crippen molar-refractivity contribution in [3.63, 3.8) is 0 Å². The Balaban J connectivity index is 1.76. The molecule has 3 nitrogen and oxygen atoms in total. The Bertz CT molecular complexity index is 529. The summed E-state index contributed by atoms with van der Waals surface area (Å²) < 4.78 is 5.72. The molecule has 5 heteroatoms. The van der Waals surface area contributed by atoms with Crippen LogP contribution in [0.25, 0.3) is 0 Å². The molecule has 0 saturated heterocycles. The highest BCUT2D eigenvalue weighted by Crippen LogP contribution is 2.41. The highest BCUT2D eigenvalue weighted by Gasteiger charge is 2.39. The fraction of sp³-hybridized carbons (Fsp3) is 0.625. The minimum absolute atomic E-state index is 0.266. The molecule has 1 aliphatic heterocycles. The lowest BCUT2D eigenvalue weighted by Crippen LogP contribution is -2.57. The van der Waals surface area contributed by atoms with E-state index in [1.807, 2.05) is 6.07 Å². The molecule has 1 aromatic rings. The summed E-state index contributed by atoms with van der Waals surface area (Å²) in [5.74, 6) is 0.789. The van der Waals surface area contributed by atoms with Gasteiger partial charge in [0.05, 0.1) is 11.6 Å². The molecule has 0 aromatic heterocycles. The number of rotatable bonds is 4. The largest absolute Gasteiger partial charge is 0.492 e. The Morgan fingerprint density at radius 1 is 1.33 bits per heavy atom. The normalized spacial score (nSPS) is 23.4. The predicted octanol–water partition coefficient (Wildman–Crippen LogP) is 3.89. The maximum Gasteiger partial charge on any atom is 0.142 e. The fourth-order valence-corrected chi connectivity index (χ4v) is 3.88. The van der Waals surface area contributed by atoms with Crippen LogP contribution in [0.15, 0.2) is 12.1 Å². The van der Waals surface area contributed by atoms with Crippen molar-refractivity contribution in [1.29, 1.82) is 0 Å². The van der Waals surface area contributed by atoms with Gasteiger partial charge in [0.1, 0.15) is 5.75 Å². The number of fused-ring (bicyclic) bond motifs is 1. The van der Waals surface area contributed by atoms with E-state index >= 15 is 0 Å². The third kappa shape index (κ3) is 2.89. The molecular formula is C16H22Cl2N2O. The second-order valence-corrected chi connectivity index (χ2v) is 7.19. The molecular weight excluding hydrogens is 307 g/mol. The van der Waals surface area contributed by atoms with Crippen molar-refractivity contribution in [3.05, 3.63) is 27.7 Å². The van der Waals surface area contributed by atoms with Crippen LogP contribution in [0.2, 0.25) is 10.0 Å². The molecule has 1 saturated carbocycles. The Hall–Kier alpha value is -0.480. The van der Waals surface area contributed by atoms with Gasteiger partial charge in [0.2, 0.25) is 0 Å². The van der Waals surface area contributed by atoms with Gasteiger partial charge in [-0.05, 0) is 45.5 Å². The first-order valence-electron chi connectivity index (χ1n) is 7.54. The smallest absolute Gasteiger partial charge is 0.142 e. The SMILES string of the molecule is CN(C)C1(CNC2CCOc3c(Cl)cc(Cl)cc32)CCC1. The molecule has 0 radical (unpaired) electrons. The Labute approximate surface area is 136 Å². The minimum atomic E-state index is 0.266. The van der Waals surface area contributed by atoms with E-state index in [1.165, 1.54) is 19.3 Å². The molecule has 116 valence electrons. The van der Waals surface area contributed by atoms with E-state index in [4.69, 9.17) is 27.9 Å². The Kier molecular flexibility index (Phi) is 4.37. The minimum Gasteiger partial charge on any atom is -0.492 e. The second-order valence-electron chi connectivity index (χ2n) is 6.35. The monoisotopic (exact) mass is 328 g/mol. The van der Waals surface area contributed by atoms with Crippen molar-refractivity contribution in [3.8, 4) is 5.75 Å². The molecule has 2 aliphatic rings. The summed E-state index contributed by atoms with van der Waals surface area (Å²) in [7, 11) is 4.35. The average Bonchev–Trinajstić information content (AvgIpc) is 2.37. The van der Waals surface area contributed by atoms with Gasteiger partial charge in [-0.2, -0.15) is 0 Å². The van der Waals surface area contributed by atoms with Gasteiger partial charge in [-0.1, -0.05) is 23.2 Å². The molecule has 0 bridgehead atoms. The van der Waals surface area contributed by atoms with Crippen molar-refractivity contribution in [2.75, 3.05) is 27.2 Å². The molecule has 1 aromatic carbocycles. The van der Waals surface area contributed by atoms with E-state index in [0.717, 1.165) is 24.3 Å². The van der Waals surface area contributed by atoms with Crippen molar-refractivity contribution in [2.24, 2.45) is 0 Å². The summed E-state index contributed by atoms with van der Waals surface area (Å²) >= 11 is 12.4. The quantitative estimate of drug-likeness (QED) is 0.907. The van der Waals surface area contributed by atoms with Crippen LogP contribution in [0, 0.1) is 0 Å². The lowest BCUT2D eigenvalue weighted by Gasteiger charge is -2.48. The number of ether oxygens (including phenoxy) is 1. The number of likely N-dealkylation sites (N-methyl/N-ethyl adjacent to an activating group) is 1. The number of benzene rings is 1. The van der Waals surface area contributed by atoms with Gasteiger partial charge in [-0.25, -0.2) is 0 Å². The van der Waals surface area contributed by atoms with Crippen LogP contribution in [0.3, 0.4) is 0 Å². The maximum absolute atomic E-state index is 6.25. The summed E-state index contributed by atoms with van der Waals surface area (Å²) in [6.45, 7) is 1.69. The van der Waals surface area contributed by atoms with Crippen molar-refractivity contribution < 1.29 is 4.74 Å². The standard InChI is InChI=1S/C16H22Cl2N2O/c1-20(2)16(5-3-6-16)10-19-14-4-7-21-15-12(14)8-11(17)9-13(15)18/h8-9,14,19H,3-7,10H2,1-2H3. The maximum atomic E-state index is 6.25. The first-order chi connectivity index (χ1) is 10.0.